The highest BCUT2D eigenvalue weighted by atomic mass is 32.2. The summed E-state index contributed by atoms with van der Waals surface area (Å²) in [5, 5.41) is 12.4. The van der Waals surface area contributed by atoms with Gasteiger partial charge in [0.2, 0.25) is 10.0 Å². The Hall–Kier alpha value is -2.89. The predicted octanol–water partition coefficient (Wildman–Crippen LogP) is 2.34. The number of aliphatic hydroxyl groups excluding tert-OH is 1. The summed E-state index contributed by atoms with van der Waals surface area (Å²) >= 11 is 0. The van der Waals surface area contributed by atoms with Gasteiger partial charge in [-0.25, -0.2) is 13.1 Å². The normalized spacial score (nSPS) is 12.8. The van der Waals surface area contributed by atoms with Gasteiger partial charge in [0, 0.05) is 18.7 Å². The molecule has 31 heavy (non-hydrogen) atoms. The molecular formula is C20H21F3N2O5S. The summed E-state index contributed by atoms with van der Waals surface area (Å²) in [5.74, 6) is -0.488. The van der Waals surface area contributed by atoms with Crippen LogP contribution in [0.4, 0.5) is 13.2 Å². The molecule has 2 rings (SSSR count). The Kier molecular flexibility index (Phi) is 8.20. The van der Waals surface area contributed by atoms with Gasteiger partial charge in [-0.3, -0.25) is 4.79 Å². The number of carbonyl (C=O) groups excluding carboxylic acids is 1. The minimum Gasteiger partial charge on any atom is -0.491 e. The molecule has 1 amide bonds. The van der Waals surface area contributed by atoms with E-state index < -0.39 is 33.8 Å². The summed E-state index contributed by atoms with van der Waals surface area (Å²) < 4.78 is 69.3. The Balaban J connectivity index is 1.88. The quantitative estimate of drug-likeness (QED) is 0.474. The summed E-state index contributed by atoms with van der Waals surface area (Å²) in [4.78, 5) is 12.1. The van der Waals surface area contributed by atoms with Gasteiger partial charge in [-0.05, 0) is 42.5 Å². The summed E-state index contributed by atoms with van der Waals surface area (Å²) in [6, 6.07) is 9.29. The van der Waals surface area contributed by atoms with Gasteiger partial charge in [0.1, 0.15) is 18.5 Å². The van der Waals surface area contributed by atoms with E-state index in [0.29, 0.717) is 0 Å². The lowest BCUT2D eigenvalue weighted by molar-refractivity contribution is -0.137. The number of halogens is 3. The molecule has 7 nitrogen and oxygen atoms in total. The first-order chi connectivity index (χ1) is 14.5. The highest BCUT2D eigenvalue weighted by molar-refractivity contribution is 7.89. The van der Waals surface area contributed by atoms with Gasteiger partial charge in [-0.1, -0.05) is 12.1 Å². The number of carbonyl (C=O) groups is 1. The van der Waals surface area contributed by atoms with E-state index in [1.54, 1.807) is 0 Å². The maximum atomic E-state index is 12.5. The van der Waals surface area contributed by atoms with E-state index in [4.69, 9.17) is 4.74 Å². The molecule has 0 bridgehead atoms. The smallest absolute Gasteiger partial charge is 0.416 e. The summed E-state index contributed by atoms with van der Waals surface area (Å²) in [6.07, 6.45) is -4.23. The molecule has 0 spiro atoms. The fraction of sp³-hybridized carbons (Fsp3) is 0.250. The summed E-state index contributed by atoms with van der Waals surface area (Å²) in [6.45, 7) is 2.96. The van der Waals surface area contributed by atoms with Gasteiger partial charge in [0.15, 0.2) is 0 Å². The first-order valence-corrected chi connectivity index (χ1v) is 10.5. The van der Waals surface area contributed by atoms with Gasteiger partial charge in [-0.15, -0.1) is 6.58 Å². The number of benzene rings is 2. The third-order valence-electron chi connectivity index (χ3n) is 3.95. The van der Waals surface area contributed by atoms with Gasteiger partial charge in [-0.2, -0.15) is 13.2 Å². The number of hydrogen-bond acceptors (Lipinski definition) is 5. The van der Waals surface area contributed by atoms with Crippen LogP contribution in [-0.2, 0) is 16.2 Å². The average molecular weight is 458 g/mol. The fourth-order valence-electron chi connectivity index (χ4n) is 2.36. The molecule has 3 N–H and O–H groups in total. The number of hydrogen-bond donors (Lipinski definition) is 3. The second-order valence-corrected chi connectivity index (χ2v) is 8.13. The lowest BCUT2D eigenvalue weighted by Gasteiger charge is -2.14. The van der Waals surface area contributed by atoms with Crippen LogP contribution in [0.5, 0.6) is 5.75 Å². The van der Waals surface area contributed by atoms with E-state index >= 15 is 0 Å². The zero-order valence-corrected chi connectivity index (χ0v) is 17.0. The molecule has 0 fully saturated rings. The van der Waals surface area contributed by atoms with Gasteiger partial charge in [0.05, 0.1) is 10.5 Å². The number of sulfonamides is 1. The molecule has 0 aromatic heterocycles. The molecule has 1 atom stereocenters. The molecule has 0 aliphatic heterocycles. The third kappa shape index (κ3) is 7.39. The first-order valence-electron chi connectivity index (χ1n) is 9.00. The Labute approximate surface area is 177 Å². The maximum absolute atomic E-state index is 12.5. The largest absolute Gasteiger partial charge is 0.491 e. The van der Waals surface area contributed by atoms with Crippen molar-refractivity contribution in [3.8, 4) is 5.75 Å². The van der Waals surface area contributed by atoms with Crippen molar-refractivity contribution >= 4 is 15.9 Å². The Bertz CT molecular complexity index is 1010. The van der Waals surface area contributed by atoms with Crippen LogP contribution in [0.15, 0.2) is 66.1 Å². The van der Waals surface area contributed by atoms with Gasteiger partial charge < -0.3 is 15.2 Å². The molecular weight excluding hydrogens is 437 g/mol. The van der Waals surface area contributed by atoms with E-state index in [1.807, 2.05) is 0 Å². The van der Waals surface area contributed by atoms with E-state index in [2.05, 4.69) is 16.6 Å². The van der Waals surface area contributed by atoms with Crippen molar-refractivity contribution in [1.82, 2.24) is 10.0 Å². The minimum atomic E-state index is -4.46. The number of rotatable bonds is 10. The average Bonchev–Trinajstić information content (AvgIpc) is 2.74. The van der Waals surface area contributed by atoms with E-state index in [1.165, 1.54) is 30.3 Å². The maximum Gasteiger partial charge on any atom is 0.416 e. The zero-order chi connectivity index (χ0) is 23.1. The van der Waals surface area contributed by atoms with Crippen molar-refractivity contribution in [3.05, 3.63) is 72.3 Å². The van der Waals surface area contributed by atoms with E-state index in [-0.39, 0.29) is 35.9 Å². The highest BCUT2D eigenvalue weighted by Gasteiger charge is 2.30. The summed E-state index contributed by atoms with van der Waals surface area (Å²) in [5.41, 5.74) is -0.756. The minimum absolute atomic E-state index is 0.0316. The Morgan fingerprint density at radius 2 is 1.87 bits per heavy atom. The topological polar surface area (TPSA) is 105 Å². The second kappa shape index (κ2) is 10.4. The van der Waals surface area contributed by atoms with Crippen LogP contribution in [-0.4, -0.2) is 45.2 Å². The molecule has 168 valence electrons. The van der Waals surface area contributed by atoms with Crippen LogP contribution >= 0.6 is 0 Å². The molecule has 2 aromatic rings. The molecule has 2 aromatic carbocycles. The van der Waals surface area contributed by atoms with Gasteiger partial charge in [0.25, 0.3) is 5.91 Å². The molecule has 0 aliphatic carbocycles. The van der Waals surface area contributed by atoms with Gasteiger partial charge >= 0.3 is 6.18 Å². The van der Waals surface area contributed by atoms with E-state index in [0.717, 1.165) is 24.3 Å². The van der Waals surface area contributed by atoms with E-state index in [9.17, 15) is 31.5 Å². The molecule has 0 radical (unpaired) electrons. The monoisotopic (exact) mass is 458 g/mol. The zero-order valence-electron chi connectivity index (χ0n) is 16.2. The van der Waals surface area contributed by atoms with Crippen molar-refractivity contribution in [3.63, 3.8) is 0 Å². The molecule has 0 saturated carbocycles. The molecule has 1 unspecified atom stereocenters. The SMILES string of the molecule is C=CCNS(=O)(=O)c1cccc(C(=O)NCC(O)COc2ccc(C(F)(F)F)cc2)c1. The second-order valence-electron chi connectivity index (χ2n) is 6.37. The highest BCUT2D eigenvalue weighted by Crippen LogP contribution is 2.30. The lowest BCUT2D eigenvalue weighted by atomic mass is 10.2. The number of aliphatic hydroxyl groups is 1. The molecule has 0 saturated heterocycles. The summed E-state index contributed by atoms with van der Waals surface area (Å²) in [7, 11) is -3.80. The number of amides is 1. The Morgan fingerprint density at radius 1 is 1.19 bits per heavy atom. The predicted molar refractivity (Wildman–Crippen MR) is 107 cm³/mol. The van der Waals surface area contributed by atoms with Crippen LogP contribution < -0.4 is 14.8 Å². The fourth-order valence-corrected chi connectivity index (χ4v) is 3.40. The van der Waals surface area contributed by atoms with Crippen LogP contribution in [0.25, 0.3) is 0 Å². The molecule has 11 heteroatoms. The van der Waals surface area contributed by atoms with Crippen molar-refractivity contribution in [2.75, 3.05) is 19.7 Å². The number of nitrogens with one attached hydrogen (secondary N) is 2. The Morgan fingerprint density at radius 3 is 2.48 bits per heavy atom. The standard InChI is InChI=1S/C20H21F3N2O5S/c1-2-10-25-31(28,29)18-5-3-4-14(11-18)19(27)24-12-16(26)13-30-17-8-6-15(7-9-17)20(21,22)23/h2-9,11,16,25-26H,1,10,12-13H2,(H,24,27). The molecule has 0 heterocycles. The van der Waals surface area contributed by atoms with Crippen LogP contribution in [0.3, 0.4) is 0 Å². The van der Waals surface area contributed by atoms with Crippen molar-refractivity contribution in [2.45, 2.75) is 17.2 Å². The van der Waals surface area contributed by atoms with Crippen molar-refractivity contribution < 1.29 is 36.2 Å². The first kappa shape index (κ1) is 24.4. The number of alkyl halides is 3. The van der Waals surface area contributed by atoms with Crippen LogP contribution in [0.1, 0.15) is 15.9 Å². The lowest BCUT2D eigenvalue weighted by Crippen LogP contribution is -2.35. The van der Waals surface area contributed by atoms with Crippen molar-refractivity contribution in [2.24, 2.45) is 0 Å². The van der Waals surface area contributed by atoms with Crippen LogP contribution in [0, 0.1) is 0 Å². The van der Waals surface area contributed by atoms with Crippen LogP contribution in [0.2, 0.25) is 0 Å². The molecule has 0 aliphatic rings. The van der Waals surface area contributed by atoms with Crippen molar-refractivity contribution in [1.29, 1.82) is 0 Å². The third-order valence-corrected chi connectivity index (χ3v) is 5.37. The number of ether oxygens (including phenoxy) is 1.